The smallest absolute Gasteiger partial charge is 0.0643 e. The molecule has 3 heteroatoms. The van der Waals surface area contributed by atoms with Gasteiger partial charge in [0.25, 0.3) is 0 Å². The van der Waals surface area contributed by atoms with E-state index in [1.54, 1.807) is 0 Å². The Morgan fingerprint density at radius 1 is 1.33 bits per heavy atom. The van der Waals surface area contributed by atoms with E-state index in [4.69, 9.17) is 16.7 Å². The summed E-state index contributed by atoms with van der Waals surface area (Å²) in [5, 5.41) is 4.76. The van der Waals surface area contributed by atoms with Gasteiger partial charge >= 0.3 is 0 Å². The van der Waals surface area contributed by atoms with E-state index in [2.05, 4.69) is 42.8 Å². The number of alkyl halides is 1. The monoisotopic (exact) mass is 302 g/mol. The van der Waals surface area contributed by atoms with Crippen LogP contribution < -0.4 is 0 Å². The van der Waals surface area contributed by atoms with E-state index in [1.807, 2.05) is 6.92 Å². The van der Waals surface area contributed by atoms with E-state index >= 15 is 0 Å². The Kier molecular flexibility index (Phi) is 4.08. The van der Waals surface area contributed by atoms with E-state index < -0.39 is 0 Å². The number of benzene rings is 1. The van der Waals surface area contributed by atoms with Crippen molar-refractivity contribution in [2.45, 2.75) is 57.9 Å². The van der Waals surface area contributed by atoms with Crippen LogP contribution in [0.4, 0.5) is 0 Å². The third kappa shape index (κ3) is 2.74. The van der Waals surface area contributed by atoms with Crippen LogP contribution in [0.25, 0.3) is 0 Å². The molecule has 2 unspecified atom stereocenters. The quantitative estimate of drug-likeness (QED) is 0.736. The summed E-state index contributed by atoms with van der Waals surface area (Å²) in [5.41, 5.74) is 6.51. The van der Waals surface area contributed by atoms with Crippen LogP contribution in [0, 0.1) is 13.8 Å². The maximum absolute atomic E-state index is 6.30. The number of halogens is 1. The molecule has 2 aromatic rings. The third-order valence-corrected chi connectivity index (χ3v) is 4.94. The number of aromatic nitrogens is 2. The molecule has 1 aliphatic carbocycles. The van der Waals surface area contributed by atoms with Gasteiger partial charge < -0.3 is 0 Å². The first-order chi connectivity index (χ1) is 10.1. The minimum Gasteiger partial charge on any atom is -0.269 e. The fourth-order valence-corrected chi connectivity index (χ4v) is 4.03. The molecule has 2 nitrogen and oxygen atoms in total. The number of fused-ring (bicyclic) bond motifs is 1. The van der Waals surface area contributed by atoms with E-state index in [9.17, 15) is 0 Å². The number of rotatable bonds is 3. The maximum Gasteiger partial charge on any atom is 0.0643 e. The summed E-state index contributed by atoms with van der Waals surface area (Å²) in [7, 11) is 0. The molecule has 0 N–H and O–H groups in total. The standard InChI is InChI=1S/C18H23ClN2/c1-12(19)18-13(2)20-21(14(18)3)11-16-9-6-8-15-7-4-5-10-17(15)16/h4-5,7,10,12,16H,6,8-9,11H2,1-3H3. The van der Waals surface area contributed by atoms with Crippen molar-refractivity contribution in [3.63, 3.8) is 0 Å². The molecule has 1 aromatic carbocycles. The van der Waals surface area contributed by atoms with Crippen molar-refractivity contribution >= 4 is 11.6 Å². The summed E-state index contributed by atoms with van der Waals surface area (Å²) in [5.74, 6) is 0.575. The average Bonchev–Trinajstić information content (AvgIpc) is 2.74. The van der Waals surface area contributed by atoms with Crippen molar-refractivity contribution in [1.82, 2.24) is 9.78 Å². The van der Waals surface area contributed by atoms with E-state index in [1.165, 1.54) is 41.6 Å². The molecule has 1 heterocycles. The Bertz CT molecular complexity index is 643. The Labute approximate surface area is 132 Å². The summed E-state index contributed by atoms with van der Waals surface area (Å²) in [4.78, 5) is 0. The summed E-state index contributed by atoms with van der Waals surface area (Å²) in [6, 6.07) is 8.87. The van der Waals surface area contributed by atoms with Gasteiger partial charge in [-0.25, -0.2) is 0 Å². The number of nitrogens with zero attached hydrogens (tertiary/aromatic N) is 2. The second-order valence-corrected chi connectivity index (χ2v) is 6.83. The van der Waals surface area contributed by atoms with Gasteiger partial charge in [0.15, 0.2) is 0 Å². The lowest BCUT2D eigenvalue weighted by Crippen LogP contribution is -2.17. The van der Waals surface area contributed by atoms with Crippen molar-refractivity contribution < 1.29 is 0 Å². The largest absolute Gasteiger partial charge is 0.269 e. The Morgan fingerprint density at radius 3 is 2.81 bits per heavy atom. The SMILES string of the molecule is Cc1nn(CC2CCCc3ccccc32)c(C)c1C(C)Cl. The first kappa shape index (κ1) is 14.6. The van der Waals surface area contributed by atoms with Crippen LogP contribution in [0.1, 0.15) is 59.1 Å². The second-order valence-electron chi connectivity index (χ2n) is 6.17. The molecule has 21 heavy (non-hydrogen) atoms. The van der Waals surface area contributed by atoms with Gasteiger partial charge in [-0.1, -0.05) is 24.3 Å². The zero-order chi connectivity index (χ0) is 15.0. The first-order valence-electron chi connectivity index (χ1n) is 7.83. The van der Waals surface area contributed by atoms with E-state index in [0.29, 0.717) is 5.92 Å². The third-order valence-electron chi connectivity index (χ3n) is 4.72. The fourth-order valence-electron chi connectivity index (χ4n) is 3.72. The number of aryl methyl sites for hydroxylation is 2. The summed E-state index contributed by atoms with van der Waals surface area (Å²) >= 11 is 6.30. The highest BCUT2D eigenvalue weighted by Crippen LogP contribution is 2.34. The predicted molar refractivity (Wildman–Crippen MR) is 88.1 cm³/mol. The molecule has 0 radical (unpaired) electrons. The minimum absolute atomic E-state index is 0.0254. The first-order valence-corrected chi connectivity index (χ1v) is 8.27. The van der Waals surface area contributed by atoms with Gasteiger partial charge in [0.1, 0.15) is 0 Å². The Morgan fingerprint density at radius 2 is 2.10 bits per heavy atom. The molecule has 0 bridgehead atoms. The van der Waals surface area contributed by atoms with Crippen molar-refractivity contribution in [3.8, 4) is 0 Å². The second kappa shape index (κ2) is 5.84. The van der Waals surface area contributed by atoms with Gasteiger partial charge in [0, 0.05) is 23.7 Å². The van der Waals surface area contributed by atoms with Crippen LogP contribution in [-0.2, 0) is 13.0 Å². The highest BCUT2D eigenvalue weighted by Gasteiger charge is 2.23. The Balaban J connectivity index is 1.90. The van der Waals surface area contributed by atoms with Gasteiger partial charge in [-0.05, 0) is 51.2 Å². The van der Waals surface area contributed by atoms with Crippen molar-refractivity contribution in [2.75, 3.05) is 0 Å². The summed E-state index contributed by atoms with van der Waals surface area (Å²) < 4.78 is 2.16. The average molecular weight is 303 g/mol. The predicted octanol–water partition coefficient (Wildman–Crippen LogP) is 4.92. The Hall–Kier alpha value is -1.28. The normalized spacial score (nSPS) is 19.3. The molecule has 1 aromatic heterocycles. The lowest BCUT2D eigenvalue weighted by Gasteiger charge is -2.26. The molecule has 0 fully saturated rings. The maximum atomic E-state index is 6.30. The van der Waals surface area contributed by atoms with Gasteiger partial charge in [-0.3, -0.25) is 4.68 Å². The van der Waals surface area contributed by atoms with Crippen molar-refractivity contribution in [3.05, 3.63) is 52.3 Å². The summed E-state index contributed by atoms with van der Waals surface area (Å²) in [6.07, 6.45) is 3.74. The van der Waals surface area contributed by atoms with Crippen LogP contribution in [0.2, 0.25) is 0 Å². The van der Waals surface area contributed by atoms with Crippen LogP contribution in [0.15, 0.2) is 24.3 Å². The number of hydrogen-bond acceptors (Lipinski definition) is 1. The molecule has 0 spiro atoms. The topological polar surface area (TPSA) is 17.8 Å². The fraction of sp³-hybridized carbons (Fsp3) is 0.500. The van der Waals surface area contributed by atoms with E-state index in [0.717, 1.165) is 12.2 Å². The molecule has 0 saturated carbocycles. The molecular weight excluding hydrogens is 280 g/mol. The molecule has 0 aliphatic heterocycles. The van der Waals surface area contributed by atoms with Crippen LogP contribution in [-0.4, -0.2) is 9.78 Å². The molecule has 112 valence electrons. The van der Waals surface area contributed by atoms with Crippen molar-refractivity contribution in [2.24, 2.45) is 0 Å². The molecule has 0 saturated heterocycles. The van der Waals surface area contributed by atoms with Gasteiger partial charge in [0.05, 0.1) is 11.1 Å². The van der Waals surface area contributed by atoms with Gasteiger partial charge in [-0.2, -0.15) is 5.10 Å². The van der Waals surface area contributed by atoms with Gasteiger partial charge in [-0.15, -0.1) is 11.6 Å². The minimum atomic E-state index is 0.0254. The van der Waals surface area contributed by atoms with Crippen molar-refractivity contribution in [1.29, 1.82) is 0 Å². The molecule has 0 amide bonds. The molecule has 2 atom stereocenters. The molecular formula is C18H23ClN2. The number of hydrogen-bond donors (Lipinski definition) is 0. The van der Waals surface area contributed by atoms with Crippen LogP contribution in [0.5, 0.6) is 0 Å². The van der Waals surface area contributed by atoms with Crippen LogP contribution >= 0.6 is 11.6 Å². The zero-order valence-electron chi connectivity index (χ0n) is 13.1. The highest BCUT2D eigenvalue weighted by molar-refractivity contribution is 6.20. The van der Waals surface area contributed by atoms with Crippen LogP contribution in [0.3, 0.4) is 0 Å². The molecule has 1 aliphatic rings. The highest BCUT2D eigenvalue weighted by atomic mass is 35.5. The summed E-state index contributed by atoms with van der Waals surface area (Å²) in [6.45, 7) is 7.20. The van der Waals surface area contributed by atoms with Gasteiger partial charge in [0.2, 0.25) is 0 Å². The zero-order valence-corrected chi connectivity index (χ0v) is 13.8. The molecule has 3 rings (SSSR count). The lowest BCUT2D eigenvalue weighted by molar-refractivity contribution is 0.450. The van der Waals surface area contributed by atoms with E-state index in [-0.39, 0.29) is 5.38 Å². The lowest BCUT2D eigenvalue weighted by atomic mass is 9.83.